The molecular formula is C20H17N5O4S. The molecule has 4 aromatic rings. The highest BCUT2D eigenvalue weighted by Gasteiger charge is 2.17. The zero-order valence-corrected chi connectivity index (χ0v) is 16.9. The van der Waals surface area contributed by atoms with Gasteiger partial charge in [-0.25, -0.2) is 13.1 Å². The third kappa shape index (κ3) is 3.98. The Balaban J connectivity index is 1.54. The van der Waals surface area contributed by atoms with Crippen LogP contribution in [0.2, 0.25) is 0 Å². The maximum Gasteiger partial charge on any atom is 0.302 e. The quantitative estimate of drug-likeness (QED) is 0.524. The average Bonchev–Trinajstić information content (AvgIpc) is 3.38. The summed E-state index contributed by atoms with van der Waals surface area (Å²) in [5.41, 5.74) is 2.91. The number of oxazole rings is 1. The molecule has 152 valence electrons. The highest BCUT2D eigenvalue weighted by atomic mass is 32.2. The molecule has 0 spiro atoms. The zero-order valence-electron chi connectivity index (χ0n) is 16.1. The molecule has 3 aromatic heterocycles. The van der Waals surface area contributed by atoms with Crippen LogP contribution in [-0.4, -0.2) is 40.3 Å². The van der Waals surface area contributed by atoms with E-state index in [1.807, 2.05) is 19.1 Å². The van der Waals surface area contributed by atoms with Gasteiger partial charge in [0, 0.05) is 12.5 Å². The molecule has 0 aliphatic heterocycles. The van der Waals surface area contributed by atoms with Crippen molar-refractivity contribution in [3.8, 4) is 17.1 Å². The summed E-state index contributed by atoms with van der Waals surface area (Å²) in [7, 11) is -3.31. The fourth-order valence-electron chi connectivity index (χ4n) is 2.74. The van der Waals surface area contributed by atoms with Crippen molar-refractivity contribution < 1.29 is 17.6 Å². The highest BCUT2D eigenvalue weighted by molar-refractivity contribution is 7.90. The van der Waals surface area contributed by atoms with Gasteiger partial charge in [-0.3, -0.25) is 15.1 Å². The third-order valence-electron chi connectivity index (χ3n) is 4.28. The lowest BCUT2D eigenvalue weighted by atomic mass is 10.2. The number of carbonyl (C=O) groups excluding carboxylic acids is 1. The normalized spacial score (nSPS) is 11.4. The average molecular weight is 423 g/mol. The number of aryl methyl sites for hydroxylation is 1. The Labute approximate surface area is 172 Å². The van der Waals surface area contributed by atoms with Crippen LogP contribution in [0.1, 0.15) is 16.1 Å². The number of aromatic nitrogens is 4. The number of benzene rings is 1. The van der Waals surface area contributed by atoms with Crippen LogP contribution in [0.5, 0.6) is 0 Å². The number of hydrogen-bond donors (Lipinski definition) is 1. The van der Waals surface area contributed by atoms with Crippen molar-refractivity contribution in [2.24, 2.45) is 0 Å². The molecule has 0 aliphatic carbocycles. The molecule has 1 aromatic carbocycles. The van der Waals surface area contributed by atoms with Gasteiger partial charge in [-0.05, 0) is 48.9 Å². The van der Waals surface area contributed by atoms with Gasteiger partial charge < -0.3 is 4.42 Å². The molecule has 0 aliphatic rings. The van der Waals surface area contributed by atoms with E-state index >= 15 is 0 Å². The van der Waals surface area contributed by atoms with E-state index in [0.717, 1.165) is 11.8 Å². The lowest BCUT2D eigenvalue weighted by Gasteiger charge is -2.07. The molecule has 4 rings (SSSR count). The maximum atomic E-state index is 12.7. The number of rotatable bonds is 5. The van der Waals surface area contributed by atoms with Crippen molar-refractivity contribution >= 4 is 21.8 Å². The molecule has 10 heteroatoms. The van der Waals surface area contributed by atoms with E-state index < -0.39 is 15.7 Å². The summed E-state index contributed by atoms with van der Waals surface area (Å²) in [6, 6.07) is 11.4. The molecule has 0 fully saturated rings. The van der Waals surface area contributed by atoms with E-state index in [1.165, 1.54) is 35.3 Å². The van der Waals surface area contributed by atoms with Gasteiger partial charge in [0.2, 0.25) is 0 Å². The Morgan fingerprint density at radius 1 is 1.07 bits per heavy atom. The number of anilines is 1. The number of hydrogen-bond acceptors (Lipinski definition) is 7. The van der Waals surface area contributed by atoms with Crippen LogP contribution >= 0.6 is 0 Å². The van der Waals surface area contributed by atoms with Gasteiger partial charge in [0.1, 0.15) is 17.7 Å². The van der Waals surface area contributed by atoms with E-state index in [9.17, 15) is 13.2 Å². The minimum Gasteiger partial charge on any atom is -0.431 e. The molecule has 0 radical (unpaired) electrons. The van der Waals surface area contributed by atoms with E-state index in [0.29, 0.717) is 17.1 Å². The predicted molar refractivity (Wildman–Crippen MR) is 109 cm³/mol. The lowest BCUT2D eigenvalue weighted by molar-refractivity contribution is 0.101. The first kappa shape index (κ1) is 19.5. The summed E-state index contributed by atoms with van der Waals surface area (Å²) in [5.74, 6) is -0.482. The van der Waals surface area contributed by atoms with E-state index in [1.54, 1.807) is 18.3 Å². The first-order chi connectivity index (χ1) is 14.3. The largest absolute Gasteiger partial charge is 0.431 e. The minimum atomic E-state index is -3.31. The number of carbonyl (C=O) groups is 1. The van der Waals surface area contributed by atoms with Crippen molar-refractivity contribution in [2.75, 3.05) is 11.6 Å². The van der Waals surface area contributed by atoms with Gasteiger partial charge in [0.15, 0.2) is 9.84 Å². The van der Waals surface area contributed by atoms with Crippen molar-refractivity contribution in [1.82, 2.24) is 19.7 Å². The molecule has 9 nitrogen and oxygen atoms in total. The third-order valence-corrected chi connectivity index (χ3v) is 5.41. The first-order valence-corrected chi connectivity index (χ1v) is 10.7. The second-order valence-corrected chi connectivity index (χ2v) is 8.62. The van der Waals surface area contributed by atoms with Crippen molar-refractivity contribution in [3.63, 3.8) is 0 Å². The summed E-state index contributed by atoms with van der Waals surface area (Å²) in [5, 5.41) is 6.74. The number of nitrogens with one attached hydrogen (secondary N) is 1. The molecular weight excluding hydrogens is 406 g/mol. The smallest absolute Gasteiger partial charge is 0.302 e. The lowest BCUT2D eigenvalue weighted by Crippen LogP contribution is -2.17. The van der Waals surface area contributed by atoms with Crippen LogP contribution in [0.4, 0.5) is 6.01 Å². The number of pyridine rings is 1. The Morgan fingerprint density at radius 2 is 1.83 bits per heavy atom. The van der Waals surface area contributed by atoms with Crippen LogP contribution < -0.4 is 5.32 Å². The molecule has 0 saturated carbocycles. The summed E-state index contributed by atoms with van der Waals surface area (Å²) in [4.78, 5) is 21.4. The predicted octanol–water partition coefficient (Wildman–Crippen LogP) is 2.89. The number of amides is 1. The van der Waals surface area contributed by atoms with Gasteiger partial charge in [-0.1, -0.05) is 6.07 Å². The van der Waals surface area contributed by atoms with Gasteiger partial charge in [0.25, 0.3) is 5.91 Å². The second-order valence-electron chi connectivity index (χ2n) is 6.61. The molecule has 30 heavy (non-hydrogen) atoms. The Bertz CT molecular complexity index is 1310. The topological polar surface area (TPSA) is 120 Å². The van der Waals surface area contributed by atoms with Crippen LogP contribution in [0, 0.1) is 6.92 Å². The molecule has 3 heterocycles. The van der Waals surface area contributed by atoms with E-state index in [4.69, 9.17) is 4.42 Å². The highest BCUT2D eigenvalue weighted by Crippen LogP contribution is 2.20. The van der Waals surface area contributed by atoms with Crippen LogP contribution in [-0.2, 0) is 9.84 Å². The van der Waals surface area contributed by atoms with Crippen molar-refractivity contribution in [1.29, 1.82) is 0 Å². The van der Waals surface area contributed by atoms with Crippen molar-refractivity contribution in [3.05, 3.63) is 72.4 Å². The molecule has 0 bridgehead atoms. The summed E-state index contributed by atoms with van der Waals surface area (Å²) >= 11 is 0. The Hall–Kier alpha value is -3.79. The Kier molecular flexibility index (Phi) is 4.92. The molecule has 0 unspecified atom stereocenters. The number of nitrogens with zero attached hydrogens (tertiary/aromatic N) is 4. The number of sulfone groups is 1. The standard InChI is InChI=1S/C20H17N5O4S/c1-13-3-8-16(21-11-13)17-12-29-20(23-17)24-19(26)18-9-10-22-25(18)14-4-6-15(7-5-14)30(2,27)28/h3-12H,1-2H3,(H,23,24,26). The Morgan fingerprint density at radius 3 is 2.50 bits per heavy atom. The van der Waals surface area contributed by atoms with Crippen LogP contribution in [0.25, 0.3) is 17.1 Å². The van der Waals surface area contributed by atoms with Gasteiger partial charge in [-0.2, -0.15) is 10.1 Å². The van der Waals surface area contributed by atoms with Crippen LogP contribution in [0.15, 0.2) is 70.4 Å². The van der Waals surface area contributed by atoms with Gasteiger partial charge in [0.05, 0.1) is 22.5 Å². The SMILES string of the molecule is Cc1ccc(-c2coc(NC(=O)c3ccnn3-c3ccc(S(C)(=O)=O)cc3)n2)nc1. The zero-order chi connectivity index (χ0) is 21.3. The van der Waals surface area contributed by atoms with Crippen molar-refractivity contribution in [2.45, 2.75) is 11.8 Å². The monoisotopic (exact) mass is 423 g/mol. The fourth-order valence-corrected chi connectivity index (χ4v) is 3.38. The molecule has 0 saturated heterocycles. The minimum absolute atomic E-state index is 0.0255. The van der Waals surface area contributed by atoms with E-state index in [2.05, 4.69) is 20.4 Å². The first-order valence-electron chi connectivity index (χ1n) is 8.86. The molecule has 1 amide bonds. The summed E-state index contributed by atoms with van der Waals surface area (Å²) in [6.45, 7) is 1.93. The van der Waals surface area contributed by atoms with E-state index in [-0.39, 0.29) is 16.6 Å². The summed E-state index contributed by atoms with van der Waals surface area (Å²) in [6.07, 6.45) is 5.73. The molecule has 1 N–H and O–H groups in total. The fraction of sp³-hybridized carbons (Fsp3) is 0.100. The molecule has 0 atom stereocenters. The second kappa shape index (κ2) is 7.56. The maximum absolute atomic E-state index is 12.7. The summed E-state index contributed by atoms with van der Waals surface area (Å²) < 4.78 is 30.0. The van der Waals surface area contributed by atoms with Gasteiger partial charge in [-0.15, -0.1) is 0 Å². The van der Waals surface area contributed by atoms with Gasteiger partial charge >= 0.3 is 6.01 Å². The van der Waals surface area contributed by atoms with Crippen LogP contribution in [0.3, 0.4) is 0 Å².